The maximum Gasteiger partial charge on any atom is 0.137 e. The van der Waals surface area contributed by atoms with E-state index in [0.29, 0.717) is 5.76 Å². The summed E-state index contributed by atoms with van der Waals surface area (Å²) >= 11 is 0. The quantitative estimate of drug-likeness (QED) is 0.634. The minimum absolute atomic E-state index is 0.667. The topological polar surface area (TPSA) is 35.2 Å². The van der Waals surface area contributed by atoms with Crippen LogP contribution in [0.2, 0.25) is 0 Å². The van der Waals surface area contributed by atoms with Gasteiger partial charge < -0.3 is 10.5 Å². The Kier molecular flexibility index (Phi) is 1.84. The van der Waals surface area contributed by atoms with Gasteiger partial charge in [-0.25, -0.2) is 0 Å². The molecule has 0 unspecified atom stereocenters. The van der Waals surface area contributed by atoms with Crippen LogP contribution in [0.3, 0.4) is 0 Å². The lowest BCUT2D eigenvalue weighted by Crippen LogP contribution is -2.03. The molecule has 0 spiro atoms. The van der Waals surface area contributed by atoms with Crippen LogP contribution >= 0.6 is 0 Å². The molecule has 0 fully saturated rings. The van der Waals surface area contributed by atoms with Crippen LogP contribution in [0, 0.1) is 6.92 Å². The van der Waals surface area contributed by atoms with Gasteiger partial charge in [-0.05, 0) is 37.1 Å². The molecular weight excluding hydrogens is 174 g/mol. The van der Waals surface area contributed by atoms with E-state index in [1.165, 1.54) is 5.57 Å². The van der Waals surface area contributed by atoms with Crippen molar-refractivity contribution in [2.45, 2.75) is 13.8 Å². The fraction of sp³-hybridized carbons (Fsp3) is 0.167. The number of nitrogens with two attached hydrogens (primary N) is 1. The van der Waals surface area contributed by atoms with Crippen LogP contribution in [0.4, 0.5) is 5.69 Å². The van der Waals surface area contributed by atoms with Crippen LogP contribution in [0.25, 0.3) is 5.57 Å². The standard InChI is InChI=1S/C12H13NO/c1-7-4-9(3)14-11-6-10(13)5-8(2)12(7)11/h4-6H,3,13H2,1-2H3. The molecule has 0 aliphatic carbocycles. The molecule has 2 heteroatoms. The molecule has 0 aromatic heterocycles. The molecule has 1 aromatic rings. The zero-order chi connectivity index (χ0) is 10.3. The molecule has 0 saturated heterocycles. The molecule has 0 saturated carbocycles. The third-order valence-electron chi connectivity index (χ3n) is 2.33. The summed E-state index contributed by atoms with van der Waals surface area (Å²) in [4.78, 5) is 0. The summed E-state index contributed by atoms with van der Waals surface area (Å²) < 4.78 is 5.51. The van der Waals surface area contributed by atoms with Crippen molar-refractivity contribution in [1.29, 1.82) is 0 Å². The summed E-state index contributed by atoms with van der Waals surface area (Å²) in [5.41, 5.74) is 9.92. The van der Waals surface area contributed by atoms with Crippen molar-refractivity contribution in [2.24, 2.45) is 0 Å². The normalized spacial score (nSPS) is 14.4. The molecule has 0 bridgehead atoms. The molecule has 0 radical (unpaired) electrons. The van der Waals surface area contributed by atoms with Crippen molar-refractivity contribution >= 4 is 11.3 Å². The Bertz CT molecular complexity index is 444. The Morgan fingerprint density at radius 1 is 1.29 bits per heavy atom. The molecule has 1 aromatic carbocycles. The number of hydrogen-bond donors (Lipinski definition) is 1. The van der Waals surface area contributed by atoms with Crippen molar-refractivity contribution in [3.05, 3.63) is 41.7 Å². The fourth-order valence-electron chi connectivity index (χ4n) is 1.85. The molecule has 1 heterocycles. The zero-order valence-electron chi connectivity index (χ0n) is 8.42. The monoisotopic (exact) mass is 187 g/mol. The van der Waals surface area contributed by atoms with Gasteiger partial charge in [0.2, 0.25) is 0 Å². The Hall–Kier alpha value is -1.70. The van der Waals surface area contributed by atoms with E-state index in [1.807, 2.05) is 25.1 Å². The number of benzene rings is 1. The van der Waals surface area contributed by atoms with Gasteiger partial charge in [-0.15, -0.1) is 0 Å². The third-order valence-corrected chi connectivity index (χ3v) is 2.33. The predicted octanol–water partition coefficient (Wildman–Crippen LogP) is 2.89. The van der Waals surface area contributed by atoms with Crippen molar-refractivity contribution in [2.75, 3.05) is 5.73 Å². The van der Waals surface area contributed by atoms with E-state index in [9.17, 15) is 0 Å². The first-order valence-electron chi connectivity index (χ1n) is 4.53. The highest BCUT2D eigenvalue weighted by atomic mass is 16.5. The number of hydrogen-bond acceptors (Lipinski definition) is 2. The van der Waals surface area contributed by atoms with Gasteiger partial charge >= 0.3 is 0 Å². The number of allylic oxidation sites excluding steroid dienone is 2. The average molecular weight is 187 g/mol. The van der Waals surface area contributed by atoms with Crippen LogP contribution in [-0.2, 0) is 0 Å². The van der Waals surface area contributed by atoms with Crippen molar-refractivity contribution in [3.63, 3.8) is 0 Å². The Morgan fingerprint density at radius 2 is 2.00 bits per heavy atom. The molecular formula is C12H13NO. The summed E-state index contributed by atoms with van der Waals surface area (Å²) in [6.07, 6.45) is 1.94. The van der Waals surface area contributed by atoms with Gasteiger partial charge in [-0.1, -0.05) is 6.58 Å². The van der Waals surface area contributed by atoms with Crippen LogP contribution in [-0.4, -0.2) is 0 Å². The largest absolute Gasteiger partial charge is 0.457 e. The van der Waals surface area contributed by atoms with Crippen molar-refractivity contribution in [3.8, 4) is 5.75 Å². The van der Waals surface area contributed by atoms with Crippen molar-refractivity contribution < 1.29 is 4.74 Å². The Morgan fingerprint density at radius 3 is 2.71 bits per heavy atom. The lowest BCUT2D eigenvalue weighted by atomic mass is 9.98. The van der Waals surface area contributed by atoms with E-state index in [2.05, 4.69) is 13.5 Å². The number of aryl methyl sites for hydroxylation is 1. The van der Waals surface area contributed by atoms with Gasteiger partial charge in [-0.3, -0.25) is 0 Å². The molecule has 2 rings (SSSR count). The van der Waals surface area contributed by atoms with E-state index in [-0.39, 0.29) is 0 Å². The van der Waals surface area contributed by atoms with Gasteiger partial charge in [0.1, 0.15) is 11.5 Å². The summed E-state index contributed by atoms with van der Waals surface area (Å²) in [6, 6.07) is 3.79. The number of nitrogen functional groups attached to an aromatic ring is 1. The van der Waals surface area contributed by atoms with Crippen LogP contribution in [0.5, 0.6) is 5.75 Å². The number of fused-ring (bicyclic) bond motifs is 1. The molecule has 14 heavy (non-hydrogen) atoms. The summed E-state index contributed by atoms with van der Waals surface area (Å²) in [5.74, 6) is 1.48. The highest BCUT2D eigenvalue weighted by Gasteiger charge is 2.15. The molecule has 0 atom stereocenters. The minimum Gasteiger partial charge on any atom is -0.457 e. The number of rotatable bonds is 0. The summed E-state index contributed by atoms with van der Waals surface area (Å²) in [6.45, 7) is 7.87. The van der Waals surface area contributed by atoms with Crippen LogP contribution in [0.1, 0.15) is 18.1 Å². The molecule has 1 aliphatic rings. The zero-order valence-corrected chi connectivity index (χ0v) is 8.42. The molecule has 72 valence electrons. The van der Waals surface area contributed by atoms with E-state index >= 15 is 0 Å². The predicted molar refractivity (Wildman–Crippen MR) is 59.0 cm³/mol. The Balaban J connectivity index is 2.69. The average Bonchev–Trinajstić information content (AvgIpc) is 1.99. The second-order valence-corrected chi connectivity index (χ2v) is 3.61. The number of anilines is 1. The lowest BCUT2D eigenvalue weighted by Gasteiger charge is -2.20. The highest BCUT2D eigenvalue weighted by molar-refractivity contribution is 5.77. The van der Waals surface area contributed by atoms with Gasteiger partial charge in [0.25, 0.3) is 0 Å². The second kappa shape index (κ2) is 2.91. The summed E-state index contributed by atoms with van der Waals surface area (Å²) in [5, 5.41) is 0. The van der Waals surface area contributed by atoms with Crippen LogP contribution in [0.15, 0.2) is 30.5 Å². The second-order valence-electron chi connectivity index (χ2n) is 3.61. The first kappa shape index (κ1) is 8.88. The van der Waals surface area contributed by atoms with Gasteiger partial charge in [0.05, 0.1) is 0 Å². The summed E-state index contributed by atoms with van der Waals surface area (Å²) in [7, 11) is 0. The Labute approximate surface area is 83.7 Å². The molecule has 2 N–H and O–H groups in total. The smallest absolute Gasteiger partial charge is 0.137 e. The van der Waals surface area contributed by atoms with Gasteiger partial charge in [0.15, 0.2) is 0 Å². The van der Waals surface area contributed by atoms with Crippen LogP contribution < -0.4 is 10.5 Å². The lowest BCUT2D eigenvalue weighted by molar-refractivity contribution is 0.441. The maximum absolute atomic E-state index is 5.74. The van der Waals surface area contributed by atoms with Crippen molar-refractivity contribution in [1.82, 2.24) is 0 Å². The van der Waals surface area contributed by atoms with E-state index in [1.54, 1.807) is 0 Å². The fourth-order valence-corrected chi connectivity index (χ4v) is 1.85. The van der Waals surface area contributed by atoms with Gasteiger partial charge in [0, 0.05) is 17.3 Å². The number of ether oxygens (including phenoxy) is 1. The third kappa shape index (κ3) is 1.29. The van der Waals surface area contributed by atoms with E-state index < -0.39 is 0 Å². The minimum atomic E-state index is 0.667. The highest BCUT2D eigenvalue weighted by Crippen LogP contribution is 2.36. The van der Waals surface area contributed by atoms with Gasteiger partial charge in [-0.2, -0.15) is 0 Å². The SMILES string of the molecule is C=C1C=C(C)c2c(C)cc(N)cc2O1. The van der Waals surface area contributed by atoms with E-state index in [4.69, 9.17) is 10.5 Å². The molecule has 2 nitrogen and oxygen atoms in total. The molecule has 1 aliphatic heterocycles. The molecule has 0 amide bonds. The van der Waals surface area contributed by atoms with E-state index in [0.717, 1.165) is 22.6 Å². The maximum atomic E-state index is 5.74. The first-order chi connectivity index (χ1) is 6.58. The first-order valence-corrected chi connectivity index (χ1v) is 4.53.